The molecule has 0 aromatic heterocycles. The molecule has 0 saturated carbocycles. The molecule has 0 aliphatic rings. The number of alkyl halides is 2. The predicted octanol–water partition coefficient (Wildman–Crippen LogP) is 0.857. The summed E-state index contributed by atoms with van der Waals surface area (Å²) < 4.78 is 51.9. The molecule has 1 amide bonds. The van der Waals surface area contributed by atoms with E-state index in [4.69, 9.17) is 4.74 Å². The maximum atomic E-state index is 12.3. The van der Waals surface area contributed by atoms with Gasteiger partial charge in [-0.1, -0.05) is 0 Å². The lowest BCUT2D eigenvalue weighted by molar-refractivity contribution is -0.119. The van der Waals surface area contributed by atoms with Crippen LogP contribution in [0, 0.1) is 0 Å². The predicted molar refractivity (Wildman–Crippen MR) is 73.0 cm³/mol. The van der Waals surface area contributed by atoms with Gasteiger partial charge in [0, 0.05) is 19.3 Å². The van der Waals surface area contributed by atoms with E-state index in [0.29, 0.717) is 18.8 Å². The Morgan fingerprint density at radius 2 is 1.90 bits per heavy atom. The first-order chi connectivity index (χ1) is 9.87. The second-order valence-electron chi connectivity index (χ2n) is 4.03. The summed E-state index contributed by atoms with van der Waals surface area (Å²) in [5, 5.41) is 5.33. The van der Waals surface area contributed by atoms with Gasteiger partial charge in [-0.15, -0.1) is 0 Å². The van der Waals surface area contributed by atoms with Crippen molar-refractivity contribution < 1.29 is 26.7 Å². The zero-order valence-electron chi connectivity index (χ0n) is 11.3. The Labute approximate surface area is 121 Å². The van der Waals surface area contributed by atoms with Crippen LogP contribution in [0.1, 0.15) is 0 Å². The molecule has 118 valence electrons. The Bertz CT molecular complexity index is 561. The molecule has 0 bridgehead atoms. The number of rotatable bonds is 8. The van der Waals surface area contributed by atoms with Crippen molar-refractivity contribution in [3.63, 3.8) is 0 Å². The van der Waals surface area contributed by atoms with Gasteiger partial charge < -0.3 is 15.4 Å². The molecule has 0 radical (unpaired) electrons. The summed E-state index contributed by atoms with van der Waals surface area (Å²) in [6.45, 7) is 0.749. The number of methoxy groups -OCH3 is 1. The molecule has 0 unspecified atom stereocenters. The summed E-state index contributed by atoms with van der Waals surface area (Å²) in [4.78, 5) is 10.9. The van der Waals surface area contributed by atoms with E-state index in [1.54, 1.807) is 0 Å². The monoisotopic (exact) mass is 322 g/mol. The minimum absolute atomic E-state index is 0.0232. The van der Waals surface area contributed by atoms with Gasteiger partial charge in [0.05, 0.1) is 18.0 Å². The lowest BCUT2D eigenvalue weighted by Gasteiger charge is -2.08. The largest absolute Gasteiger partial charge is 0.383 e. The number of ether oxygens (including phenoxy) is 1. The summed E-state index contributed by atoms with van der Waals surface area (Å²) in [5.41, 5.74) is 0.449. The van der Waals surface area contributed by atoms with Crippen LogP contribution in [0.3, 0.4) is 0 Å². The number of halogens is 2. The third kappa shape index (κ3) is 5.27. The molecule has 9 heteroatoms. The standard InChI is InChI=1S/C12H16F2N2O4S/c1-20-7-6-15-11(17)8-16-9-2-4-10(5-3-9)21(18,19)12(13)14/h2-5,12,16H,6-8H2,1H3,(H,15,17). The summed E-state index contributed by atoms with van der Waals surface area (Å²) >= 11 is 0. The summed E-state index contributed by atoms with van der Waals surface area (Å²) in [5.74, 6) is -3.72. The van der Waals surface area contributed by atoms with Crippen molar-refractivity contribution in [2.45, 2.75) is 10.7 Å². The molecule has 0 aliphatic carbocycles. The van der Waals surface area contributed by atoms with Gasteiger partial charge >= 0.3 is 5.76 Å². The molecule has 21 heavy (non-hydrogen) atoms. The lowest BCUT2D eigenvalue weighted by Crippen LogP contribution is -2.32. The SMILES string of the molecule is COCCNC(=O)CNc1ccc(S(=O)(=O)C(F)F)cc1. The highest BCUT2D eigenvalue weighted by Crippen LogP contribution is 2.20. The van der Waals surface area contributed by atoms with Crippen LogP contribution in [0.5, 0.6) is 0 Å². The molecule has 1 rings (SSSR count). The Hall–Kier alpha value is -1.74. The fourth-order valence-corrected chi connectivity index (χ4v) is 2.12. The van der Waals surface area contributed by atoms with Crippen molar-refractivity contribution in [3.8, 4) is 0 Å². The smallest absolute Gasteiger partial charge is 0.341 e. The van der Waals surface area contributed by atoms with Gasteiger partial charge in [0.2, 0.25) is 15.7 Å². The number of carbonyl (C=O) groups is 1. The molecular formula is C12H16F2N2O4S. The topological polar surface area (TPSA) is 84.5 Å². The molecule has 1 aromatic rings. The first-order valence-electron chi connectivity index (χ1n) is 5.99. The number of amides is 1. The molecule has 0 aliphatic heterocycles. The average Bonchev–Trinajstić information content (AvgIpc) is 2.45. The van der Waals surface area contributed by atoms with Gasteiger partial charge in [0.25, 0.3) is 0 Å². The molecule has 1 aromatic carbocycles. The minimum Gasteiger partial charge on any atom is -0.383 e. The van der Waals surface area contributed by atoms with Crippen molar-refractivity contribution >= 4 is 21.4 Å². The summed E-state index contributed by atoms with van der Waals surface area (Å²) in [6, 6.07) is 4.76. The molecule has 0 fully saturated rings. The van der Waals surface area contributed by atoms with Crippen LogP contribution in [-0.2, 0) is 19.4 Å². The van der Waals surface area contributed by atoms with Crippen molar-refractivity contribution in [2.75, 3.05) is 32.1 Å². The maximum Gasteiger partial charge on any atom is 0.341 e. The van der Waals surface area contributed by atoms with E-state index in [1.165, 1.54) is 19.2 Å². The zero-order chi connectivity index (χ0) is 15.9. The molecule has 0 spiro atoms. The quantitative estimate of drug-likeness (QED) is 0.694. The fourth-order valence-electron chi connectivity index (χ4n) is 1.40. The molecular weight excluding hydrogens is 306 g/mol. The third-order valence-electron chi connectivity index (χ3n) is 2.50. The van der Waals surface area contributed by atoms with Crippen LogP contribution in [0.4, 0.5) is 14.5 Å². The Balaban J connectivity index is 2.54. The number of nitrogens with one attached hydrogen (secondary N) is 2. The second kappa shape index (κ2) is 7.89. The molecule has 0 saturated heterocycles. The van der Waals surface area contributed by atoms with Crippen molar-refractivity contribution in [1.82, 2.24) is 5.32 Å². The third-order valence-corrected chi connectivity index (χ3v) is 3.90. The van der Waals surface area contributed by atoms with Gasteiger partial charge in [-0.05, 0) is 24.3 Å². The van der Waals surface area contributed by atoms with E-state index >= 15 is 0 Å². The van der Waals surface area contributed by atoms with E-state index in [2.05, 4.69) is 10.6 Å². The first kappa shape index (κ1) is 17.3. The maximum absolute atomic E-state index is 12.3. The van der Waals surface area contributed by atoms with Crippen LogP contribution in [0.15, 0.2) is 29.2 Å². The van der Waals surface area contributed by atoms with Gasteiger partial charge in [-0.3, -0.25) is 4.79 Å². The molecule has 0 atom stereocenters. The van der Waals surface area contributed by atoms with E-state index in [1.807, 2.05) is 0 Å². The van der Waals surface area contributed by atoms with Gasteiger partial charge in [-0.25, -0.2) is 8.42 Å². The number of benzene rings is 1. The van der Waals surface area contributed by atoms with Crippen molar-refractivity contribution in [2.24, 2.45) is 0 Å². The normalized spacial score (nSPS) is 11.4. The van der Waals surface area contributed by atoms with Crippen LogP contribution < -0.4 is 10.6 Å². The minimum atomic E-state index is -4.59. The highest BCUT2D eigenvalue weighted by Gasteiger charge is 2.26. The zero-order valence-corrected chi connectivity index (χ0v) is 12.1. The van der Waals surface area contributed by atoms with Crippen LogP contribution in [0.25, 0.3) is 0 Å². The van der Waals surface area contributed by atoms with Crippen molar-refractivity contribution in [1.29, 1.82) is 0 Å². The van der Waals surface area contributed by atoms with E-state index in [0.717, 1.165) is 12.1 Å². The Morgan fingerprint density at radius 3 is 2.43 bits per heavy atom. The number of sulfone groups is 1. The first-order valence-corrected chi connectivity index (χ1v) is 7.54. The van der Waals surface area contributed by atoms with Gasteiger partial charge in [-0.2, -0.15) is 8.78 Å². The Morgan fingerprint density at radius 1 is 1.29 bits per heavy atom. The molecule has 2 N–H and O–H groups in total. The summed E-state index contributed by atoms with van der Waals surface area (Å²) in [7, 11) is -3.08. The molecule has 6 nitrogen and oxygen atoms in total. The Kier molecular flexibility index (Phi) is 6.50. The lowest BCUT2D eigenvalue weighted by atomic mass is 10.3. The van der Waals surface area contributed by atoms with Crippen LogP contribution >= 0.6 is 0 Å². The van der Waals surface area contributed by atoms with E-state index < -0.39 is 20.5 Å². The highest BCUT2D eigenvalue weighted by molar-refractivity contribution is 7.91. The van der Waals surface area contributed by atoms with E-state index in [9.17, 15) is 22.0 Å². The number of hydrogen-bond donors (Lipinski definition) is 2. The van der Waals surface area contributed by atoms with Gasteiger partial charge in [0.1, 0.15) is 0 Å². The number of hydrogen-bond acceptors (Lipinski definition) is 5. The second-order valence-corrected chi connectivity index (χ2v) is 5.94. The van der Waals surface area contributed by atoms with Crippen LogP contribution in [0.2, 0.25) is 0 Å². The van der Waals surface area contributed by atoms with Crippen molar-refractivity contribution in [3.05, 3.63) is 24.3 Å². The number of anilines is 1. The fraction of sp³-hybridized carbons (Fsp3) is 0.417. The number of carbonyl (C=O) groups excluding carboxylic acids is 1. The van der Waals surface area contributed by atoms with Gasteiger partial charge in [0.15, 0.2) is 0 Å². The highest BCUT2D eigenvalue weighted by atomic mass is 32.2. The summed E-state index contributed by atoms with van der Waals surface area (Å²) in [6.07, 6.45) is 0. The molecule has 0 heterocycles. The van der Waals surface area contributed by atoms with Crippen LogP contribution in [-0.4, -0.2) is 46.9 Å². The average molecular weight is 322 g/mol. The van der Waals surface area contributed by atoms with E-state index in [-0.39, 0.29) is 12.5 Å².